The third-order valence-corrected chi connectivity index (χ3v) is 9.00. The van der Waals surface area contributed by atoms with Gasteiger partial charge in [-0.3, -0.25) is 14.4 Å². The Kier molecular flexibility index (Phi) is 6.63. The van der Waals surface area contributed by atoms with Gasteiger partial charge in [0.05, 0.1) is 29.2 Å². The van der Waals surface area contributed by atoms with Crippen molar-refractivity contribution < 1.29 is 24.2 Å². The van der Waals surface area contributed by atoms with E-state index in [1.165, 1.54) is 11.0 Å². The van der Waals surface area contributed by atoms with Crippen LogP contribution in [0.2, 0.25) is 0 Å². The smallest absolute Gasteiger partial charge is 0.311 e. The van der Waals surface area contributed by atoms with E-state index in [0.29, 0.717) is 13.0 Å². The third kappa shape index (κ3) is 3.52. The second-order valence-electron chi connectivity index (χ2n) is 9.30. The molecule has 2 bridgehead atoms. The van der Waals surface area contributed by atoms with E-state index in [-0.39, 0.29) is 31.1 Å². The van der Waals surface area contributed by atoms with Gasteiger partial charge in [0, 0.05) is 17.3 Å². The van der Waals surface area contributed by atoms with Gasteiger partial charge in [0.2, 0.25) is 11.8 Å². The average molecular weight is 451 g/mol. The van der Waals surface area contributed by atoms with E-state index in [4.69, 9.17) is 4.74 Å². The normalized spacial score (nSPS) is 34.6. The van der Waals surface area contributed by atoms with Crippen molar-refractivity contribution in [3.63, 3.8) is 0 Å². The minimum Gasteiger partial charge on any atom is -0.461 e. The number of hydrogen-bond acceptors (Lipinski definition) is 6. The molecule has 0 aromatic rings. The zero-order valence-electron chi connectivity index (χ0n) is 18.9. The molecule has 1 N–H and O–H groups in total. The summed E-state index contributed by atoms with van der Waals surface area (Å²) in [6, 6.07) is -1.34. The van der Waals surface area contributed by atoms with Crippen LogP contribution in [0.4, 0.5) is 0 Å². The van der Waals surface area contributed by atoms with Crippen LogP contribution in [0.25, 0.3) is 0 Å². The number of thioether (sulfide) groups is 1. The fourth-order valence-electron chi connectivity index (χ4n) is 5.65. The van der Waals surface area contributed by atoms with E-state index in [1.807, 2.05) is 20.8 Å². The van der Waals surface area contributed by atoms with E-state index in [1.54, 1.807) is 29.7 Å². The Labute approximate surface area is 188 Å². The highest BCUT2D eigenvalue weighted by Crippen LogP contribution is 2.71. The van der Waals surface area contributed by atoms with Crippen LogP contribution in [0.3, 0.4) is 0 Å². The first kappa shape index (κ1) is 23.9. The number of ether oxygens (including phenoxy) is 1. The summed E-state index contributed by atoms with van der Waals surface area (Å²) in [4.78, 5) is 43.9. The van der Waals surface area contributed by atoms with Gasteiger partial charge in [0.15, 0.2) is 0 Å². The molecule has 172 valence electrons. The summed E-state index contributed by atoms with van der Waals surface area (Å²) < 4.78 is 4.21. The summed E-state index contributed by atoms with van der Waals surface area (Å²) >= 11 is 1.60. The highest BCUT2D eigenvalue weighted by Gasteiger charge is 2.78. The van der Waals surface area contributed by atoms with Crippen molar-refractivity contribution in [2.24, 2.45) is 11.8 Å². The Morgan fingerprint density at radius 2 is 2.00 bits per heavy atom. The number of rotatable bonds is 9. The number of amides is 2. The summed E-state index contributed by atoms with van der Waals surface area (Å²) in [5.74, 6) is -2.07. The number of carbonyl (C=O) groups is 3. The summed E-state index contributed by atoms with van der Waals surface area (Å²) in [5, 5.41) is 9.89. The molecular formula is C23H34N2O5S. The highest BCUT2D eigenvalue weighted by atomic mass is 32.2. The standard InChI is InChI=1S/C23H34N2O5S/c1-7-11-24(14(3)4)20(28)18-23-10-9-22(6,31-23)17(21(29)30-12-8-2)16(23)19(27)25(18)15(5)13-26/h7-8,14-18,26H,1-2,9-13H2,3-6H3/t15-,16+,17+,18?,22-,23?/m1/s1. The second kappa shape index (κ2) is 8.62. The molecule has 2 unspecified atom stereocenters. The van der Waals surface area contributed by atoms with Crippen molar-refractivity contribution in [3.05, 3.63) is 25.3 Å². The number of hydrogen-bond donors (Lipinski definition) is 1. The zero-order valence-corrected chi connectivity index (χ0v) is 19.7. The number of esters is 1. The van der Waals surface area contributed by atoms with Gasteiger partial charge in [0.1, 0.15) is 12.6 Å². The minimum atomic E-state index is -0.737. The van der Waals surface area contributed by atoms with Gasteiger partial charge < -0.3 is 19.6 Å². The fraction of sp³-hybridized carbons (Fsp3) is 0.696. The van der Waals surface area contributed by atoms with Gasteiger partial charge in [0.25, 0.3) is 0 Å². The van der Waals surface area contributed by atoms with Gasteiger partial charge >= 0.3 is 5.97 Å². The van der Waals surface area contributed by atoms with E-state index in [0.717, 1.165) is 6.42 Å². The molecule has 1 spiro atoms. The number of nitrogens with zero attached hydrogens (tertiary/aromatic N) is 2. The van der Waals surface area contributed by atoms with E-state index in [2.05, 4.69) is 13.2 Å². The maximum atomic E-state index is 13.9. The first-order valence-electron chi connectivity index (χ1n) is 10.9. The average Bonchev–Trinajstić information content (AvgIpc) is 3.29. The predicted octanol–water partition coefficient (Wildman–Crippen LogP) is 2.00. The first-order valence-corrected chi connectivity index (χ1v) is 11.7. The van der Waals surface area contributed by atoms with Crippen molar-refractivity contribution in [1.29, 1.82) is 0 Å². The lowest BCUT2D eigenvalue weighted by Crippen LogP contribution is -2.58. The quantitative estimate of drug-likeness (QED) is 0.427. The lowest BCUT2D eigenvalue weighted by atomic mass is 9.66. The fourth-order valence-corrected chi connectivity index (χ4v) is 7.97. The number of carbonyl (C=O) groups excluding carboxylic acids is 3. The molecule has 2 amide bonds. The first-order chi connectivity index (χ1) is 14.6. The number of aliphatic hydroxyl groups excluding tert-OH is 1. The van der Waals surface area contributed by atoms with Crippen molar-refractivity contribution in [3.8, 4) is 0 Å². The van der Waals surface area contributed by atoms with Crippen LogP contribution in [0, 0.1) is 11.8 Å². The molecule has 3 aliphatic heterocycles. The summed E-state index contributed by atoms with van der Waals surface area (Å²) in [7, 11) is 0. The Balaban J connectivity index is 2.09. The Morgan fingerprint density at radius 1 is 1.32 bits per heavy atom. The Hall–Kier alpha value is -1.80. The molecule has 3 saturated heterocycles. The monoisotopic (exact) mass is 450 g/mol. The van der Waals surface area contributed by atoms with Crippen LogP contribution < -0.4 is 0 Å². The number of fused-ring (bicyclic) bond motifs is 1. The highest BCUT2D eigenvalue weighted by molar-refractivity contribution is 8.02. The Morgan fingerprint density at radius 3 is 2.55 bits per heavy atom. The molecular weight excluding hydrogens is 416 g/mol. The zero-order chi connectivity index (χ0) is 23.1. The second-order valence-corrected chi connectivity index (χ2v) is 11.2. The van der Waals surface area contributed by atoms with Crippen LogP contribution in [-0.4, -0.2) is 80.1 Å². The molecule has 0 radical (unpaired) electrons. The maximum absolute atomic E-state index is 13.9. The summed E-state index contributed by atoms with van der Waals surface area (Å²) in [6.45, 7) is 15.2. The molecule has 6 atom stereocenters. The molecule has 0 saturated carbocycles. The SMILES string of the molecule is C=CCOC(=O)[C@@H]1[C@H]2C(=O)N([C@H](C)CO)C(C(=O)N(CC=C)C(C)C)C23CC[C@@]1(C)S3. The molecule has 0 aromatic carbocycles. The van der Waals surface area contributed by atoms with Crippen LogP contribution in [0.15, 0.2) is 25.3 Å². The van der Waals surface area contributed by atoms with Crippen molar-refractivity contribution >= 4 is 29.5 Å². The molecule has 8 heteroatoms. The van der Waals surface area contributed by atoms with Crippen LogP contribution in [-0.2, 0) is 19.1 Å². The molecule has 0 aromatic heterocycles. The Bertz CT molecular complexity index is 786. The van der Waals surface area contributed by atoms with Gasteiger partial charge in [-0.2, -0.15) is 0 Å². The molecule has 3 heterocycles. The van der Waals surface area contributed by atoms with Crippen LogP contribution >= 0.6 is 11.8 Å². The van der Waals surface area contributed by atoms with Crippen LogP contribution in [0.5, 0.6) is 0 Å². The van der Waals surface area contributed by atoms with Gasteiger partial charge in [-0.1, -0.05) is 18.7 Å². The topological polar surface area (TPSA) is 87.1 Å². The maximum Gasteiger partial charge on any atom is 0.311 e. The van der Waals surface area contributed by atoms with Gasteiger partial charge in [-0.05, 0) is 40.5 Å². The number of aliphatic hydroxyl groups is 1. The van der Waals surface area contributed by atoms with Crippen molar-refractivity contribution in [2.75, 3.05) is 19.8 Å². The molecule has 7 nitrogen and oxygen atoms in total. The molecule has 31 heavy (non-hydrogen) atoms. The van der Waals surface area contributed by atoms with Crippen molar-refractivity contribution in [2.45, 2.75) is 68.2 Å². The lowest BCUT2D eigenvalue weighted by molar-refractivity contribution is -0.155. The molecule has 3 fully saturated rings. The van der Waals surface area contributed by atoms with E-state index < -0.39 is 39.4 Å². The van der Waals surface area contributed by atoms with Gasteiger partial charge in [-0.15, -0.1) is 18.3 Å². The predicted molar refractivity (Wildman–Crippen MR) is 120 cm³/mol. The lowest BCUT2D eigenvalue weighted by Gasteiger charge is -2.40. The molecule has 3 aliphatic rings. The summed E-state index contributed by atoms with van der Waals surface area (Å²) in [5.41, 5.74) is 0. The number of likely N-dealkylation sites (tertiary alicyclic amines) is 1. The molecule has 3 rings (SSSR count). The van der Waals surface area contributed by atoms with E-state index in [9.17, 15) is 19.5 Å². The van der Waals surface area contributed by atoms with Gasteiger partial charge in [-0.25, -0.2) is 0 Å². The van der Waals surface area contributed by atoms with Crippen molar-refractivity contribution in [1.82, 2.24) is 9.80 Å². The largest absolute Gasteiger partial charge is 0.461 e. The van der Waals surface area contributed by atoms with Crippen LogP contribution in [0.1, 0.15) is 40.5 Å². The summed E-state index contributed by atoms with van der Waals surface area (Å²) in [6.07, 6.45) is 4.58. The third-order valence-electron chi connectivity index (χ3n) is 7.02. The minimum absolute atomic E-state index is 0.0742. The molecule has 0 aliphatic carbocycles. The van der Waals surface area contributed by atoms with E-state index >= 15 is 0 Å².